The van der Waals surface area contributed by atoms with Crippen LogP contribution in [-0.2, 0) is 13.0 Å². The molecule has 0 saturated carbocycles. The lowest BCUT2D eigenvalue weighted by atomic mass is 10.1. The highest BCUT2D eigenvalue weighted by molar-refractivity contribution is 7.09. The maximum Gasteiger partial charge on any atom is 0.251 e. The molecular weight excluding hydrogens is 270 g/mol. The quantitative estimate of drug-likeness (QED) is 0.889. The fraction of sp³-hybridized carbons (Fsp3) is 0.333. The molecule has 20 heavy (non-hydrogen) atoms. The Morgan fingerprint density at radius 1 is 1.40 bits per heavy atom. The summed E-state index contributed by atoms with van der Waals surface area (Å²) in [5, 5.41) is 6.05. The predicted molar refractivity (Wildman–Crippen MR) is 81.7 cm³/mol. The fourth-order valence-corrected chi connectivity index (χ4v) is 2.67. The number of aryl methyl sites for hydroxylation is 1. The monoisotopic (exact) mass is 289 g/mol. The van der Waals surface area contributed by atoms with Crippen LogP contribution in [0.4, 0.5) is 0 Å². The van der Waals surface area contributed by atoms with Crippen molar-refractivity contribution in [2.75, 3.05) is 0 Å². The van der Waals surface area contributed by atoms with Gasteiger partial charge < -0.3 is 11.1 Å². The molecule has 4 nitrogen and oxygen atoms in total. The third kappa shape index (κ3) is 3.43. The van der Waals surface area contributed by atoms with Crippen molar-refractivity contribution >= 4 is 17.2 Å². The average molecular weight is 289 g/mol. The molecule has 0 saturated heterocycles. The molecule has 0 aliphatic heterocycles. The van der Waals surface area contributed by atoms with Gasteiger partial charge in [-0.05, 0) is 31.0 Å². The normalized spacial score (nSPS) is 12.2. The van der Waals surface area contributed by atoms with Gasteiger partial charge in [0.05, 0.1) is 16.7 Å². The van der Waals surface area contributed by atoms with Crippen LogP contribution in [0.25, 0.3) is 0 Å². The minimum Gasteiger partial charge on any atom is -0.344 e. The van der Waals surface area contributed by atoms with Crippen molar-refractivity contribution in [2.24, 2.45) is 5.73 Å². The summed E-state index contributed by atoms with van der Waals surface area (Å²) in [7, 11) is 0. The zero-order valence-corrected chi connectivity index (χ0v) is 12.5. The molecule has 1 atom stereocenters. The van der Waals surface area contributed by atoms with Gasteiger partial charge in [-0.25, -0.2) is 4.98 Å². The van der Waals surface area contributed by atoms with Gasteiger partial charge in [0.15, 0.2) is 0 Å². The van der Waals surface area contributed by atoms with E-state index in [1.54, 1.807) is 23.5 Å². The van der Waals surface area contributed by atoms with Crippen molar-refractivity contribution < 1.29 is 4.79 Å². The number of nitrogens with one attached hydrogen (secondary N) is 1. The summed E-state index contributed by atoms with van der Waals surface area (Å²) in [5.74, 6) is -0.0906. The van der Waals surface area contributed by atoms with Crippen molar-refractivity contribution in [2.45, 2.75) is 32.9 Å². The first-order chi connectivity index (χ1) is 9.63. The van der Waals surface area contributed by atoms with Gasteiger partial charge in [-0.1, -0.05) is 19.1 Å². The Balaban J connectivity index is 2.02. The van der Waals surface area contributed by atoms with E-state index in [4.69, 9.17) is 5.73 Å². The van der Waals surface area contributed by atoms with Crippen molar-refractivity contribution in [3.8, 4) is 0 Å². The Hall–Kier alpha value is -1.72. The lowest BCUT2D eigenvalue weighted by molar-refractivity contribution is 0.0939. The van der Waals surface area contributed by atoms with Crippen LogP contribution < -0.4 is 11.1 Å². The number of carbonyl (C=O) groups excluding carboxylic acids is 1. The van der Waals surface area contributed by atoms with Gasteiger partial charge in [-0.15, -0.1) is 11.3 Å². The maximum atomic E-state index is 12.1. The van der Waals surface area contributed by atoms with E-state index < -0.39 is 0 Å². The molecule has 0 aliphatic carbocycles. The fourth-order valence-electron chi connectivity index (χ4n) is 1.83. The van der Waals surface area contributed by atoms with Crippen LogP contribution in [0.2, 0.25) is 0 Å². The minimum atomic E-state index is -0.0906. The molecule has 1 unspecified atom stereocenters. The Morgan fingerprint density at radius 2 is 2.10 bits per heavy atom. The maximum absolute atomic E-state index is 12.1. The Bertz CT molecular complexity index is 577. The molecular formula is C15H19N3OS. The predicted octanol–water partition coefficient (Wildman–Crippen LogP) is 2.66. The molecule has 0 spiro atoms. The van der Waals surface area contributed by atoms with Gasteiger partial charge in [0, 0.05) is 17.5 Å². The summed E-state index contributed by atoms with van der Waals surface area (Å²) < 4.78 is 0. The molecule has 0 bridgehead atoms. The molecule has 1 aromatic carbocycles. The van der Waals surface area contributed by atoms with Crippen molar-refractivity contribution in [3.05, 3.63) is 51.5 Å². The lowest BCUT2D eigenvalue weighted by Crippen LogP contribution is -2.26. The first kappa shape index (κ1) is 14.7. The van der Waals surface area contributed by atoms with Gasteiger partial charge in [-0.2, -0.15) is 0 Å². The van der Waals surface area contributed by atoms with E-state index in [1.807, 2.05) is 24.4 Å². The van der Waals surface area contributed by atoms with Gasteiger partial charge >= 0.3 is 0 Å². The summed E-state index contributed by atoms with van der Waals surface area (Å²) in [6.45, 7) is 4.50. The van der Waals surface area contributed by atoms with Crippen molar-refractivity contribution in [1.29, 1.82) is 0 Å². The zero-order chi connectivity index (χ0) is 14.5. The smallest absolute Gasteiger partial charge is 0.251 e. The number of aromatic nitrogens is 1. The Labute approximate surface area is 123 Å². The van der Waals surface area contributed by atoms with Crippen LogP contribution >= 0.6 is 11.3 Å². The number of benzene rings is 1. The summed E-state index contributed by atoms with van der Waals surface area (Å²) in [4.78, 5) is 16.6. The largest absolute Gasteiger partial charge is 0.344 e. The first-order valence-electron chi connectivity index (χ1n) is 6.68. The number of rotatable bonds is 5. The summed E-state index contributed by atoms with van der Waals surface area (Å²) in [6.07, 6.45) is 0.923. The van der Waals surface area contributed by atoms with E-state index in [9.17, 15) is 4.79 Å². The third-order valence-electron chi connectivity index (χ3n) is 3.12. The first-order valence-corrected chi connectivity index (χ1v) is 7.56. The second-order valence-corrected chi connectivity index (χ2v) is 5.56. The average Bonchev–Trinajstić information content (AvgIpc) is 2.96. The Kier molecular flexibility index (Phi) is 4.87. The highest BCUT2D eigenvalue weighted by Gasteiger charge is 2.13. The molecule has 106 valence electrons. The van der Waals surface area contributed by atoms with E-state index in [0.29, 0.717) is 12.1 Å². The minimum absolute atomic E-state index is 0.0896. The third-order valence-corrected chi connectivity index (χ3v) is 4.13. The highest BCUT2D eigenvalue weighted by atomic mass is 32.1. The topological polar surface area (TPSA) is 68.0 Å². The number of amides is 1. The SMILES string of the molecule is CCc1nc(C(C)NC(=O)c2ccc(CN)cc2)cs1. The van der Waals surface area contributed by atoms with Gasteiger partial charge in [0.25, 0.3) is 5.91 Å². The number of nitrogens with two attached hydrogens (primary N) is 1. The zero-order valence-electron chi connectivity index (χ0n) is 11.7. The summed E-state index contributed by atoms with van der Waals surface area (Å²) in [5.41, 5.74) is 8.11. The standard InChI is InChI=1S/C15H19N3OS/c1-3-14-18-13(9-20-14)10(2)17-15(19)12-6-4-11(8-16)5-7-12/h4-7,9-10H,3,8,16H2,1-2H3,(H,17,19). The van der Waals surface area contributed by atoms with Gasteiger partial charge in [0.2, 0.25) is 0 Å². The lowest BCUT2D eigenvalue weighted by Gasteiger charge is -2.11. The molecule has 0 fully saturated rings. The summed E-state index contributed by atoms with van der Waals surface area (Å²) in [6, 6.07) is 7.24. The van der Waals surface area contributed by atoms with Crippen molar-refractivity contribution in [1.82, 2.24) is 10.3 Å². The molecule has 1 aromatic heterocycles. The van der Waals surface area contributed by atoms with E-state index in [0.717, 1.165) is 22.7 Å². The molecule has 2 aromatic rings. The van der Waals surface area contributed by atoms with E-state index >= 15 is 0 Å². The van der Waals surface area contributed by atoms with Crippen molar-refractivity contribution in [3.63, 3.8) is 0 Å². The van der Waals surface area contributed by atoms with Crippen LogP contribution in [0.15, 0.2) is 29.6 Å². The van der Waals surface area contributed by atoms with E-state index in [2.05, 4.69) is 17.2 Å². The number of nitrogens with zero attached hydrogens (tertiary/aromatic N) is 1. The van der Waals surface area contributed by atoms with E-state index in [-0.39, 0.29) is 11.9 Å². The molecule has 0 aliphatic rings. The van der Waals surface area contributed by atoms with Crippen LogP contribution in [0.1, 0.15) is 46.5 Å². The van der Waals surface area contributed by atoms with Crippen LogP contribution in [0.5, 0.6) is 0 Å². The second kappa shape index (κ2) is 6.63. The Morgan fingerprint density at radius 3 is 2.65 bits per heavy atom. The van der Waals surface area contributed by atoms with Crippen LogP contribution in [-0.4, -0.2) is 10.9 Å². The molecule has 0 radical (unpaired) electrons. The number of hydrogen-bond acceptors (Lipinski definition) is 4. The highest BCUT2D eigenvalue weighted by Crippen LogP contribution is 2.17. The number of carbonyl (C=O) groups is 1. The van der Waals surface area contributed by atoms with E-state index in [1.165, 1.54) is 0 Å². The molecule has 1 heterocycles. The van der Waals surface area contributed by atoms with Crippen LogP contribution in [0.3, 0.4) is 0 Å². The molecule has 5 heteroatoms. The molecule has 3 N–H and O–H groups in total. The number of thiazole rings is 1. The molecule has 2 rings (SSSR count). The molecule has 1 amide bonds. The summed E-state index contributed by atoms with van der Waals surface area (Å²) >= 11 is 1.63. The van der Waals surface area contributed by atoms with Crippen LogP contribution in [0, 0.1) is 0 Å². The second-order valence-electron chi connectivity index (χ2n) is 4.62. The number of hydrogen-bond donors (Lipinski definition) is 2. The van der Waals surface area contributed by atoms with Gasteiger partial charge in [0.1, 0.15) is 0 Å². The van der Waals surface area contributed by atoms with Gasteiger partial charge in [-0.3, -0.25) is 4.79 Å².